The second-order valence-corrected chi connectivity index (χ2v) is 7.80. The molecule has 0 bridgehead atoms. The summed E-state index contributed by atoms with van der Waals surface area (Å²) < 4.78 is 4.99. The van der Waals surface area contributed by atoms with Gasteiger partial charge in [0.05, 0.1) is 10.8 Å². The molecule has 22 heavy (non-hydrogen) atoms. The topological polar surface area (TPSA) is 6.02 Å². The standard InChI is InChI=1S/C20H30N2/c1-9-21-13(3)19(5,6)15-12-18-16(11-17(15)21)20(7,8)14(4)22(18)10-2/h11-12H,9-10H2,1-8H3/q+2. The zero-order valence-electron chi connectivity index (χ0n) is 15.5. The van der Waals surface area contributed by atoms with Crippen molar-refractivity contribution in [2.45, 2.75) is 66.2 Å². The van der Waals surface area contributed by atoms with Crippen LogP contribution >= 0.6 is 0 Å². The Morgan fingerprint density at radius 3 is 1.32 bits per heavy atom. The lowest BCUT2D eigenvalue weighted by atomic mass is 9.78. The summed E-state index contributed by atoms with van der Waals surface area (Å²) >= 11 is 0. The molecule has 0 aliphatic carbocycles. The summed E-state index contributed by atoms with van der Waals surface area (Å²) in [6.07, 6.45) is 0. The quantitative estimate of drug-likeness (QED) is 0.708. The Bertz CT molecular complexity index is 667. The van der Waals surface area contributed by atoms with Gasteiger partial charge >= 0.3 is 0 Å². The zero-order valence-corrected chi connectivity index (χ0v) is 15.5. The summed E-state index contributed by atoms with van der Waals surface area (Å²) in [5, 5.41) is 0. The third-order valence-corrected chi connectivity index (χ3v) is 6.29. The minimum absolute atomic E-state index is 0.125. The van der Waals surface area contributed by atoms with Gasteiger partial charge in [-0.15, -0.1) is 0 Å². The van der Waals surface area contributed by atoms with Crippen LogP contribution in [0.15, 0.2) is 12.1 Å². The second-order valence-electron chi connectivity index (χ2n) is 7.80. The van der Waals surface area contributed by atoms with Gasteiger partial charge in [0.1, 0.15) is 13.1 Å². The highest BCUT2D eigenvalue weighted by atomic mass is 15.1. The first kappa shape index (κ1) is 15.5. The smallest absolute Gasteiger partial charge is 0.199 e. The van der Waals surface area contributed by atoms with E-state index >= 15 is 0 Å². The van der Waals surface area contributed by atoms with Crippen molar-refractivity contribution < 1.29 is 9.15 Å². The van der Waals surface area contributed by atoms with Gasteiger partial charge in [0, 0.05) is 37.1 Å². The van der Waals surface area contributed by atoms with Gasteiger partial charge in [-0.2, -0.15) is 9.15 Å². The zero-order chi connectivity index (χ0) is 16.4. The fraction of sp³-hybridized carbons (Fsp3) is 0.600. The van der Waals surface area contributed by atoms with Crippen LogP contribution in [-0.2, 0) is 10.8 Å². The molecule has 0 atom stereocenters. The van der Waals surface area contributed by atoms with E-state index in [2.05, 4.69) is 76.7 Å². The highest BCUT2D eigenvalue weighted by Gasteiger charge is 2.49. The van der Waals surface area contributed by atoms with Crippen molar-refractivity contribution in [2.75, 3.05) is 13.1 Å². The van der Waals surface area contributed by atoms with E-state index in [0.29, 0.717) is 0 Å². The molecule has 2 nitrogen and oxygen atoms in total. The van der Waals surface area contributed by atoms with Crippen molar-refractivity contribution in [1.82, 2.24) is 0 Å². The minimum atomic E-state index is 0.125. The molecular formula is C20H30N2+2. The molecule has 0 saturated heterocycles. The van der Waals surface area contributed by atoms with E-state index < -0.39 is 0 Å². The second kappa shape index (κ2) is 4.53. The Labute approximate surface area is 135 Å². The predicted octanol–water partition coefficient (Wildman–Crippen LogP) is 4.52. The van der Waals surface area contributed by atoms with Gasteiger partial charge in [0.15, 0.2) is 11.4 Å². The molecule has 0 N–H and O–H groups in total. The van der Waals surface area contributed by atoms with Crippen LogP contribution in [0.2, 0.25) is 0 Å². The molecule has 2 heterocycles. The summed E-state index contributed by atoms with van der Waals surface area (Å²) in [6, 6.07) is 4.93. The molecule has 2 aliphatic heterocycles. The Hall–Kier alpha value is -1.44. The van der Waals surface area contributed by atoms with Crippen LogP contribution < -0.4 is 0 Å². The lowest BCUT2D eigenvalue weighted by molar-refractivity contribution is -0.437. The van der Waals surface area contributed by atoms with E-state index in [4.69, 9.17) is 0 Å². The van der Waals surface area contributed by atoms with Gasteiger partial charge < -0.3 is 0 Å². The average Bonchev–Trinajstić information content (AvgIpc) is 2.77. The fourth-order valence-corrected chi connectivity index (χ4v) is 4.27. The highest BCUT2D eigenvalue weighted by molar-refractivity contribution is 5.97. The molecule has 0 amide bonds. The Morgan fingerprint density at radius 2 is 1.05 bits per heavy atom. The lowest BCUT2D eigenvalue weighted by Gasteiger charge is -2.17. The molecule has 0 spiro atoms. The van der Waals surface area contributed by atoms with Gasteiger partial charge in [0.25, 0.3) is 0 Å². The van der Waals surface area contributed by atoms with E-state index in [-0.39, 0.29) is 10.8 Å². The normalized spacial score (nSPS) is 21.5. The van der Waals surface area contributed by atoms with Crippen LogP contribution in [0.4, 0.5) is 11.4 Å². The van der Waals surface area contributed by atoms with Crippen molar-refractivity contribution in [3.8, 4) is 0 Å². The van der Waals surface area contributed by atoms with E-state index in [1.807, 2.05) is 0 Å². The number of rotatable bonds is 2. The SMILES string of the molecule is CC[N+]1=C(C)C(C)(C)c2cc3c(cc21)C(C)(C)C(C)=[N+]3CC. The largest absolute Gasteiger partial charge is 0.210 e. The molecule has 0 unspecified atom stereocenters. The van der Waals surface area contributed by atoms with Crippen molar-refractivity contribution >= 4 is 22.8 Å². The van der Waals surface area contributed by atoms with Crippen LogP contribution in [-0.4, -0.2) is 33.7 Å². The van der Waals surface area contributed by atoms with Crippen molar-refractivity contribution in [2.24, 2.45) is 0 Å². The highest BCUT2D eigenvalue weighted by Crippen LogP contribution is 2.48. The molecule has 1 aromatic carbocycles. The van der Waals surface area contributed by atoms with Crippen molar-refractivity contribution in [1.29, 1.82) is 0 Å². The maximum Gasteiger partial charge on any atom is 0.210 e. The number of fused-ring (bicyclic) bond motifs is 2. The van der Waals surface area contributed by atoms with Crippen LogP contribution in [0.3, 0.4) is 0 Å². The molecule has 1 aromatic rings. The van der Waals surface area contributed by atoms with Gasteiger partial charge in [-0.3, -0.25) is 0 Å². The summed E-state index contributed by atoms with van der Waals surface area (Å²) in [6.45, 7) is 20.6. The summed E-state index contributed by atoms with van der Waals surface area (Å²) in [5.41, 5.74) is 8.99. The lowest BCUT2D eigenvalue weighted by Crippen LogP contribution is -2.26. The first-order valence-electron chi connectivity index (χ1n) is 8.60. The molecule has 3 rings (SSSR count). The van der Waals surface area contributed by atoms with Gasteiger partial charge in [0.2, 0.25) is 11.4 Å². The van der Waals surface area contributed by atoms with E-state index in [1.54, 1.807) is 0 Å². The summed E-state index contributed by atoms with van der Waals surface area (Å²) in [7, 11) is 0. The van der Waals surface area contributed by atoms with E-state index in [0.717, 1.165) is 13.1 Å². The molecule has 2 heteroatoms. The van der Waals surface area contributed by atoms with Crippen molar-refractivity contribution in [3.05, 3.63) is 23.3 Å². The molecule has 0 saturated carbocycles. The average molecular weight is 298 g/mol. The van der Waals surface area contributed by atoms with Gasteiger partial charge in [-0.25, -0.2) is 0 Å². The minimum Gasteiger partial charge on any atom is -0.199 e. The number of hydrogen-bond donors (Lipinski definition) is 0. The summed E-state index contributed by atoms with van der Waals surface area (Å²) in [5.74, 6) is 0. The number of benzene rings is 1. The summed E-state index contributed by atoms with van der Waals surface area (Å²) in [4.78, 5) is 0. The van der Waals surface area contributed by atoms with Crippen LogP contribution in [0.5, 0.6) is 0 Å². The third kappa shape index (κ3) is 1.67. The van der Waals surface area contributed by atoms with Gasteiger partial charge in [-0.1, -0.05) is 0 Å². The maximum atomic E-state index is 2.50. The van der Waals surface area contributed by atoms with E-state index in [1.165, 1.54) is 33.9 Å². The molecular weight excluding hydrogens is 268 g/mol. The van der Waals surface area contributed by atoms with Crippen LogP contribution in [0.1, 0.15) is 66.5 Å². The monoisotopic (exact) mass is 298 g/mol. The third-order valence-electron chi connectivity index (χ3n) is 6.29. The number of hydrogen-bond acceptors (Lipinski definition) is 0. The first-order chi connectivity index (χ1) is 10.2. The molecule has 0 radical (unpaired) electrons. The molecule has 2 aliphatic rings. The Kier molecular flexibility index (Phi) is 3.18. The fourth-order valence-electron chi connectivity index (χ4n) is 4.27. The molecule has 118 valence electrons. The Morgan fingerprint density at radius 1 is 0.727 bits per heavy atom. The van der Waals surface area contributed by atoms with Crippen LogP contribution in [0.25, 0.3) is 0 Å². The van der Waals surface area contributed by atoms with Crippen molar-refractivity contribution in [3.63, 3.8) is 0 Å². The van der Waals surface area contributed by atoms with Gasteiger partial charge in [-0.05, 0) is 41.5 Å². The number of nitrogens with zero attached hydrogens (tertiary/aromatic N) is 2. The molecule has 0 aromatic heterocycles. The molecule has 0 fully saturated rings. The maximum absolute atomic E-state index is 2.50. The first-order valence-corrected chi connectivity index (χ1v) is 8.60. The van der Waals surface area contributed by atoms with E-state index in [9.17, 15) is 0 Å². The predicted molar refractivity (Wildman–Crippen MR) is 94.8 cm³/mol. The Balaban J connectivity index is 2.33. The van der Waals surface area contributed by atoms with Crippen LogP contribution in [0, 0.1) is 0 Å².